The van der Waals surface area contributed by atoms with Crippen molar-refractivity contribution in [2.75, 3.05) is 0 Å². The number of rotatable bonds is 4. The molecule has 1 heterocycles. The van der Waals surface area contributed by atoms with Crippen LogP contribution in [0.15, 0.2) is 40.9 Å². The van der Waals surface area contributed by atoms with E-state index < -0.39 is 0 Å². The van der Waals surface area contributed by atoms with E-state index in [0.717, 1.165) is 27.9 Å². The molecule has 0 unspecified atom stereocenters. The second-order valence-electron chi connectivity index (χ2n) is 3.92. The highest BCUT2D eigenvalue weighted by atomic mass is 79.9. The zero-order chi connectivity index (χ0) is 13.0. The Bertz CT molecular complexity index is 504. The molecule has 0 bridgehead atoms. The number of aryl methyl sites for hydroxylation is 1. The molecule has 1 aromatic carbocycles. The minimum absolute atomic E-state index is 0.492. The molecule has 4 heteroatoms. The topological polar surface area (TPSA) is 48.1 Å². The van der Waals surface area contributed by atoms with Gasteiger partial charge in [0.2, 0.25) is 5.88 Å². The maximum atomic E-state index is 5.73. The lowest BCUT2D eigenvalue weighted by Gasteiger charge is -2.08. The molecule has 0 aliphatic carbocycles. The Kier molecular flexibility index (Phi) is 4.33. The monoisotopic (exact) mass is 306 g/mol. The first-order valence-electron chi connectivity index (χ1n) is 5.84. The van der Waals surface area contributed by atoms with Gasteiger partial charge in [-0.25, -0.2) is 4.98 Å². The van der Waals surface area contributed by atoms with E-state index in [4.69, 9.17) is 10.5 Å². The highest BCUT2D eigenvalue weighted by molar-refractivity contribution is 9.10. The van der Waals surface area contributed by atoms with Gasteiger partial charge < -0.3 is 10.5 Å². The normalized spacial score (nSPS) is 10.4. The first kappa shape index (κ1) is 13.1. The van der Waals surface area contributed by atoms with Gasteiger partial charge in [0.1, 0.15) is 5.75 Å². The molecular weight excluding hydrogens is 292 g/mol. The van der Waals surface area contributed by atoms with E-state index in [0.29, 0.717) is 12.4 Å². The number of nitrogens with zero attached hydrogens (tertiary/aromatic N) is 1. The molecule has 0 aliphatic heterocycles. The lowest BCUT2D eigenvalue weighted by molar-refractivity contribution is 0.460. The lowest BCUT2D eigenvalue weighted by Crippen LogP contribution is -2.00. The van der Waals surface area contributed by atoms with E-state index in [9.17, 15) is 0 Å². The van der Waals surface area contributed by atoms with Crippen molar-refractivity contribution in [3.8, 4) is 11.6 Å². The van der Waals surface area contributed by atoms with Gasteiger partial charge in [0.25, 0.3) is 0 Å². The van der Waals surface area contributed by atoms with Crippen LogP contribution in [0, 0.1) is 0 Å². The van der Waals surface area contributed by atoms with Gasteiger partial charge in [-0.05, 0) is 42.3 Å². The molecule has 94 valence electrons. The third-order valence-electron chi connectivity index (χ3n) is 2.55. The van der Waals surface area contributed by atoms with Crippen LogP contribution in [-0.2, 0) is 13.0 Å². The molecule has 0 aliphatic rings. The SMILES string of the molecule is CCc1cc(CN)cc(Oc2ccc(Br)cc2)n1. The molecule has 2 rings (SSSR count). The molecule has 0 saturated heterocycles. The van der Waals surface area contributed by atoms with Gasteiger partial charge in [0.15, 0.2) is 0 Å². The van der Waals surface area contributed by atoms with Crippen LogP contribution in [0.5, 0.6) is 11.6 Å². The van der Waals surface area contributed by atoms with E-state index in [2.05, 4.69) is 27.8 Å². The van der Waals surface area contributed by atoms with E-state index >= 15 is 0 Å². The Hall–Kier alpha value is -1.39. The van der Waals surface area contributed by atoms with Crippen molar-refractivity contribution in [3.05, 3.63) is 52.1 Å². The first-order chi connectivity index (χ1) is 8.71. The number of pyridine rings is 1. The van der Waals surface area contributed by atoms with Crippen LogP contribution >= 0.6 is 15.9 Å². The summed E-state index contributed by atoms with van der Waals surface area (Å²) in [6.07, 6.45) is 0.866. The van der Waals surface area contributed by atoms with E-state index in [1.807, 2.05) is 36.4 Å². The second kappa shape index (κ2) is 5.98. The van der Waals surface area contributed by atoms with Crippen molar-refractivity contribution in [1.29, 1.82) is 0 Å². The zero-order valence-corrected chi connectivity index (χ0v) is 11.8. The summed E-state index contributed by atoms with van der Waals surface area (Å²) in [4.78, 5) is 4.43. The summed E-state index contributed by atoms with van der Waals surface area (Å²) >= 11 is 3.39. The third-order valence-corrected chi connectivity index (χ3v) is 3.08. The molecule has 18 heavy (non-hydrogen) atoms. The minimum atomic E-state index is 0.492. The summed E-state index contributed by atoms with van der Waals surface area (Å²) in [5, 5.41) is 0. The molecule has 3 nitrogen and oxygen atoms in total. The number of benzene rings is 1. The van der Waals surface area contributed by atoms with Gasteiger partial charge in [-0.15, -0.1) is 0 Å². The Labute approximate surface area is 115 Å². The number of ether oxygens (including phenoxy) is 1. The standard InChI is InChI=1S/C14H15BrN2O/c1-2-12-7-10(9-16)8-14(17-12)18-13-5-3-11(15)4-6-13/h3-8H,2,9,16H2,1H3. The van der Waals surface area contributed by atoms with Gasteiger partial charge >= 0.3 is 0 Å². The van der Waals surface area contributed by atoms with Crippen LogP contribution in [0.2, 0.25) is 0 Å². The van der Waals surface area contributed by atoms with Crippen molar-refractivity contribution < 1.29 is 4.74 Å². The largest absolute Gasteiger partial charge is 0.439 e. The van der Waals surface area contributed by atoms with Gasteiger partial charge in [-0.3, -0.25) is 0 Å². The number of nitrogens with two attached hydrogens (primary N) is 1. The minimum Gasteiger partial charge on any atom is -0.439 e. The quantitative estimate of drug-likeness (QED) is 0.938. The summed E-state index contributed by atoms with van der Waals surface area (Å²) in [7, 11) is 0. The first-order valence-corrected chi connectivity index (χ1v) is 6.64. The van der Waals surface area contributed by atoms with E-state index in [1.165, 1.54) is 0 Å². The summed E-state index contributed by atoms with van der Waals surface area (Å²) in [6, 6.07) is 11.5. The van der Waals surface area contributed by atoms with Crippen LogP contribution in [0.25, 0.3) is 0 Å². The summed E-state index contributed by atoms with van der Waals surface area (Å²) < 4.78 is 6.75. The smallest absolute Gasteiger partial charge is 0.219 e. The average molecular weight is 307 g/mol. The number of aromatic nitrogens is 1. The predicted molar refractivity (Wildman–Crippen MR) is 75.7 cm³/mol. The number of hydrogen-bond acceptors (Lipinski definition) is 3. The Balaban J connectivity index is 2.25. The van der Waals surface area contributed by atoms with Crippen molar-refractivity contribution in [2.24, 2.45) is 5.73 Å². The van der Waals surface area contributed by atoms with Gasteiger partial charge in [0.05, 0.1) is 0 Å². The van der Waals surface area contributed by atoms with Gasteiger partial charge in [-0.1, -0.05) is 22.9 Å². The highest BCUT2D eigenvalue weighted by Crippen LogP contribution is 2.23. The van der Waals surface area contributed by atoms with Crippen molar-refractivity contribution >= 4 is 15.9 Å². The maximum Gasteiger partial charge on any atom is 0.219 e. The maximum absolute atomic E-state index is 5.73. The van der Waals surface area contributed by atoms with Crippen LogP contribution in [0.4, 0.5) is 0 Å². The fourth-order valence-corrected chi connectivity index (χ4v) is 1.86. The fraction of sp³-hybridized carbons (Fsp3) is 0.214. The molecule has 0 fully saturated rings. The molecule has 1 aromatic heterocycles. The molecule has 0 spiro atoms. The van der Waals surface area contributed by atoms with Crippen molar-refractivity contribution in [1.82, 2.24) is 4.98 Å². The molecular formula is C14H15BrN2O. The lowest BCUT2D eigenvalue weighted by atomic mass is 10.2. The van der Waals surface area contributed by atoms with Crippen molar-refractivity contribution in [3.63, 3.8) is 0 Å². The molecule has 2 N–H and O–H groups in total. The van der Waals surface area contributed by atoms with Gasteiger partial charge in [0, 0.05) is 22.8 Å². The number of halogens is 1. The third kappa shape index (κ3) is 3.31. The fourth-order valence-electron chi connectivity index (χ4n) is 1.59. The Morgan fingerprint density at radius 1 is 1.22 bits per heavy atom. The van der Waals surface area contributed by atoms with Crippen LogP contribution in [0.3, 0.4) is 0 Å². The van der Waals surface area contributed by atoms with Crippen LogP contribution in [0.1, 0.15) is 18.2 Å². The molecule has 0 saturated carbocycles. The molecule has 2 aromatic rings. The second-order valence-corrected chi connectivity index (χ2v) is 4.83. The summed E-state index contributed by atoms with van der Waals surface area (Å²) in [6.45, 7) is 2.55. The summed E-state index contributed by atoms with van der Waals surface area (Å²) in [5.74, 6) is 1.36. The van der Waals surface area contributed by atoms with Crippen molar-refractivity contribution in [2.45, 2.75) is 19.9 Å². The molecule has 0 amide bonds. The molecule has 0 radical (unpaired) electrons. The highest BCUT2D eigenvalue weighted by Gasteiger charge is 2.03. The van der Waals surface area contributed by atoms with E-state index in [-0.39, 0.29) is 0 Å². The predicted octanol–water partition coefficient (Wildman–Crippen LogP) is 3.66. The van der Waals surface area contributed by atoms with Crippen LogP contribution < -0.4 is 10.5 Å². The Morgan fingerprint density at radius 2 is 1.94 bits per heavy atom. The molecule has 0 atom stereocenters. The Morgan fingerprint density at radius 3 is 2.56 bits per heavy atom. The zero-order valence-electron chi connectivity index (χ0n) is 10.2. The summed E-state index contributed by atoms with van der Waals surface area (Å²) in [5.41, 5.74) is 7.69. The average Bonchev–Trinajstić information content (AvgIpc) is 2.41. The van der Waals surface area contributed by atoms with Gasteiger partial charge in [-0.2, -0.15) is 0 Å². The van der Waals surface area contributed by atoms with E-state index in [1.54, 1.807) is 0 Å². The van der Waals surface area contributed by atoms with Crippen LogP contribution in [-0.4, -0.2) is 4.98 Å². The number of hydrogen-bond donors (Lipinski definition) is 1.